The largest absolute Gasteiger partial charge is 0.393 e. The van der Waals surface area contributed by atoms with E-state index in [1.807, 2.05) is 26.8 Å². The van der Waals surface area contributed by atoms with Gasteiger partial charge in [-0.3, -0.25) is 4.79 Å². The molecule has 2 saturated carbocycles. The van der Waals surface area contributed by atoms with E-state index in [0.717, 1.165) is 51.6 Å². The second-order valence-corrected chi connectivity index (χ2v) is 13.4. The summed E-state index contributed by atoms with van der Waals surface area (Å²) >= 11 is 0. The zero-order chi connectivity index (χ0) is 27.2. The summed E-state index contributed by atoms with van der Waals surface area (Å²) < 4.78 is 5.43. The lowest BCUT2D eigenvalue weighted by Gasteiger charge is -2.52. The smallest absolute Gasteiger partial charge is 0.156 e. The van der Waals surface area contributed by atoms with E-state index in [4.69, 9.17) is 11.2 Å². The Hall–Kier alpha value is -2.35. The van der Waals surface area contributed by atoms with E-state index in [1.165, 1.54) is 22.4 Å². The zero-order valence-electron chi connectivity index (χ0n) is 23.9. The number of anilines is 1. The van der Waals surface area contributed by atoms with Crippen LogP contribution in [0.3, 0.4) is 0 Å². The van der Waals surface area contributed by atoms with Crippen LogP contribution in [0, 0.1) is 35.0 Å². The van der Waals surface area contributed by atoms with Gasteiger partial charge in [0, 0.05) is 43.6 Å². The Morgan fingerprint density at radius 1 is 1.08 bits per heavy atom. The number of rotatable bonds is 3. The second kappa shape index (κ2) is 10.3. The molecule has 38 heavy (non-hydrogen) atoms. The highest BCUT2D eigenvalue weighted by atomic mass is 16.5. The molecule has 4 nitrogen and oxygen atoms in total. The van der Waals surface area contributed by atoms with E-state index in [-0.39, 0.29) is 16.9 Å². The van der Waals surface area contributed by atoms with Gasteiger partial charge in [0.25, 0.3) is 0 Å². The Bertz CT molecular complexity index is 1160. The number of benzene rings is 1. The van der Waals surface area contributed by atoms with Crippen molar-refractivity contribution < 1.29 is 14.6 Å². The summed E-state index contributed by atoms with van der Waals surface area (Å²) in [5.74, 6) is 4.37. The fourth-order valence-electron chi connectivity index (χ4n) is 7.65. The van der Waals surface area contributed by atoms with Crippen molar-refractivity contribution in [1.82, 2.24) is 0 Å². The summed E-state index contributed by atoms with van der Waals surface area (Å²) in [6.07, 6.45) is 14.0. The van der Waals surface area contributed by atoms with E-state index in [2.05, 4.69) is 42.0 Å². The first-order valence-corrected chi connectivity index (χ1v) is 14.5. The van der Waals surface area contributed by atoms with Gasteiger partial charge in [-0.05, 0) is 111 Å². The van der Waals surface area contributed by atoms with Crippen LogP contribution in [0.2, 0.25) is 0 Å². The number of aliphatic hydroxyl groups excluding tert-OH is 1. The molecule has 4 heteroatoms. The topological polar surface area (TPSA) is 49.8 Å². The maximum absolute atomic E-state index is 12.1. The molecule has 0 radical (unpaired) electrons. The predicted octanol–water partition coefficient (Wildman–Crippen LogP) is 6.45. The fourth-order valence-corrected chi connectivity index (χ4v) is 7.65. The first kappa shape index (κ1) is 27.2. The van der Waals surface area contributed by atoms with Crippen molar-refractivity contribution in [3.05, 3.63) is 52.6 Å². The van der Waals surface area contributed by atoms with Crippen molar-refractivity contribution in [1.29, 1.82) is 0 Å². The number of ketones is 1. The molecule has 5 unspecified atom stereocenters. The van der Waals surface area contributed by atoms with Gasteiger partial charge in [-0.2, -0.15) is 0 Å². The molecule has 1 heterocycles. The maximum atomic E-state index is 12.1. The molecule has 0 bridgehead atoms. The van der Waals surface area contributed by atoms with Gasteiger partial charge in [0.15, 0.2) is 5.78 Å². The second-order valence-electron chi connectivity index (χ2n) is 13.4. The average Bonchev–Trinajstić information content (AvgIpc) is 3.17. The Morgan fingerprint density at radius 3 is 2.39 bits per heavy atom. The molecular weight excluding hydrogens is 470 g/mol. The Balaban J connectivity index is 0.000000443. The van der Waals surface area contributed by atoms with Crippen molar-refractivity contribution in [3.8, 4) is 12.3 Å². The standard InChI is InChI=1S/C28H35NO3.C6H10/c1-28-14-24(17-3-6-19(7-4-17)29-15-21(16-29)32-2)27-22-10-8-20(30)13-18(22)5-9-23(27)25(28)11-12-26(28)31;1-5-6(2,3)4/h3-4,6-7,13,21,23-26,31H,5,8-12,14-16H2,1-2H3;1H,2-4H3. The first-order valence-electron chi connectivity index (χ1n) is 14.5. The van der Waals surface area contributed by atoms with Gasteiger partial charge >= 0.3 is 0 Å². The van der Waals surface area contributed by atoms with Crippen LogP contribution in [0.25, 0.3) is 0 Å². The minimum Gasteiger partial charge on any atom is -0.393 e. The molecule has 1 aliphatic heterocycles. The Kier molecular flexibility index (Phi) is 7.40. The number of ether oxygens (including phenoxy) is 1. The molecule has 1 saturated heterocycles. The summed E-state index contributed by atoms with van der Waals surface area (Å²) in [6, 6.07) is 9.18. The van der Waals surface area contributed by atoms with E-state index in [0.29, 0.717) is 36.1 Å². The normalized spacial score (nSPS) is 32.7. The number of fused-ring (bicyclic) bond motifs is 4. The highest BCUT2D eigenvalue weighted by Gasteiger charge is 2.56. The minimum atomic E-state index is -0.197. The van der Waals surface area contributed by atoms with Crippen LogP contribution >= 0.6 is 0 Å². The third-order valence-electron chi connectivity index (χ3n) is 9.96. The van der Waals surface area contributed by atoms with E-state index in [1.54, 1.807) is 12.7 Å². The van der Waals surface area contributed by atoms with Crippen molar-refractivity contribution in [3.63, 3.8) is 0 Å². The van der Waals surface area contributed by atoms with Gasteiger partial charge in [0.05, 0.1) is 12.2 Å². The number of aliphatic hydroxyl groups is 1. The summed E-state index contributed by atoms with van der Waals surface area (Å²) in [5.41, 5.74) is 7.12. The monoisotopic (exact) mass is 515 g/mol. The zero-order valence-corrected chi connectivity index (χ0v) is 23.9. The van der Waals surface area contributed by atoms with Gasteiger partial charge in [0.1, 0.15) is 0 Å². The van der Waals surface area contributed by atoms with Crippen LogP contribution in [-0.2, 0) is 9.53 Å². The number of carbonyl (C=O) groups is 1. The lowest BCUT2D eigenvalue weighted by Crippen LogP contribution is -2.51. The third kappa shape index (κ3) is 5.01. The molecule has 4 aliphatic carbocycles. The van der Waals surface area contributed by atoms with Gasteiger partial charge in [-0.1, -0.05) is 24.6 Å². The van der Waals surface area contributed by atoms with Crippen LogP contribution in [0.4, 0.5) is 5.69 Å². The fraction of sp³-hybridized carbons (Fsp3) is 0.618. The highest BCUT2D eigenvalue weighted by Crippen LogP contribution is 2.63. The molecule has 0 aromatic heterocycles. The molecule has 0 amide bonds. The number of methoxy groups -OCH3 is 1. The van der Waals surface area contributed by atoms with Crippen molar-refractivity contribution in [2.75, 3.05) is 25.1 Å². The van der Waals surface area contributed by atoms with E-state index in [9.17, 15) is 9.90 Å². The van der Waals surface area contributed by atoms with Crippen LogP contribution in [0.1, 0.15) is 84.1 Å². The van der Waals surface area contributed by atoms with Crippen molar-refractivity contribution >= 4 is 11.5 Å². The summed E-state index contributed by atoms with van der Waals surface area (Å²) in [5, 5.41) is 11.0. The molecule has 204 valence electrons. The molecule has 1 aromatic carbocycles. The molecule has 1 N–H and O–H groups in total. The van der Waals surface area contributed by atoms with Crippen LogP contribution < -0.4 is 4.90 Å². The summed E-state index contributed by atoms with van der Waals surface area (Å²) in [4.78, 5) is 14.5. The van der Waals surface area contributed by atoms with Gasteiger partial charge in [0.2, 0.25) is 0 Å². The number of hydrogen-bond acceptors (Lipinski definition) is 4. The molecule has 0 spiro atoms. The van der Waals surface area contributed by atoms with Crippen molar-refractivity contribution in [2.45, 2.75) is 90.8 Å². The number of carbonyl (C=O) groups excluding carboxylic acids is 1. The molecule has 3 fully saturated rings. The molecule has 5 atom stereocenters. The number of terminal acetylenes is 1. The lowest BCUT2D eigenvalue weighted by molar-refractivity contribution is -0.114. The first-order chi connectivity index (χ1) is 18.0. The SMILES string of the molecule is C#CC(C)(C)C.COC1CN(c2ccc(C3CC4(C)C(O)CCC4C4CCC5=CC(=O)CCC5=C34)cc2)C1. The summed E-state index contributed by atoms with van der Waals surface area (Å²) in [6.45, 7) is 10.3. The Labute approximate surface area is 229 Å². The van der Waals surface area contributed by atoms with Gasteiger partial charge < -0.3 is 14.7 Å². The minimum absolute atomic E-state index is 0.00702. The molecule has 6 rings (SSSR count). The van der Waals surface area contributed by atoms with Gasteiger partial charge in [-0.15, -0.1) is 12.3 Å². The maximum Gasteiger partial charge on any atom is 0.156 e. The highest BCUT2D eigenvalue weighted by molar-refractivity contribution is 5.93. The number of allylic oxidation sites excluding steroid dienone is 4. The van der Waals surface area contributed by atoms with Crippen LogP contribution in [-0.4, -0.2) is 43.3 Å². The van der Waals surface area contributed by atoms with E-state index >= 15 is 0 Å². The molecule has 5 aliphatic rings. The van der Waals surface area contributed by atoms with E-state index < -0.39 is 0 Å². The molecule has 1 aromatic rings. The quantitative estimate of drug-likeness (QED) is 0.470. The van der Waals surface area contributed by atoms with Crippen LogP contribution in [0.15, 0.2) is 47.1 Å². The number of nitrogens with zero attached hydrogens (tertiary/aromatic N) is 1. The Morgan fingerprint density at radius 2 is 1.76 bits per heavy atom. The van der Waals surface area contributed by atoms with Crippen LogP contribution in [0.5, 0.6) is 0 Å². The predicted molar refractivity (Wildman–Crippen MR) is 154 cm³/mol. The molecular formula is C34H45NO3. The number of hydrogen-bond donors (Lipinski definition) is 1. The lowest BCUT2D eigenvalue weighted by atomic mass is 9.53. The van der Waals surface area contributed by atoms with Gasteiger partial charge in [-0.25, -0.2) is 0 Å². The summed E-state index contributed by atoms with van der Waals surface area (Å²) in [7, 11) is 1.79. The average molecular weight is 516 g/mol. The third-order valence-corrected chi connectivity index (χ3v) is 9.96. The van der Waals surface area contributed by atoms with Crippen molar-refractivity contribution in [2.24, 2.45) is 22.7 Å².